The van der Waals surface area contributed by atoms with Gasteiger partial charge in [-0.1, -0.05) is 0 Å². The minimum Gasteiger partial charge on any atom is -0.504 e. The van der Waals surface area contributed by atoms with Crippen molar-refractivity contribution in [3.8, 4) is 17.2 Å². The number of aromatic hydroxyl groups is 2. The number of allylic oxidation sites excluding steroid dienone is 2. The minimum absolute atomic E-state index is 0.289. The highest BCUT2D eigenvalue weighted by Gasteiger charge is 2.30. The van der Waals surface area contributed by atoms with Gasteiger partial charge in [0.2, 0.25) is 0 Å². The third-order valence-corrected chi connectivity index (χ3v) is 3.68. The van der Waals surface area contributed by atoms with E-state index < -0.39 is 5.92 Å². The molecule has 0 aromatic heterocycles. The van der Waals surface area contributed by atoms with E-state index in [0.717, 1.165) is 12.8 Å². The fourth-order valence-corrected chi connectivity index (χ4v) is 2.46. The van der Waals surface area contributed by atoms with E-state index in [0.29, 0.717) is 36.5 Å². The molecule has 0 aliphatic carbocycles. The van der Waals surface area contributed by atoms with Crippen LogP contribution in [0.3, 0.4) is 0 Å². The number of rotatable bonds is 6. The lowest BCUT2D eigenvalue weighted by molar-refractivity contribution is -0.142. The van der Waals surface area contributed by atoms with Crippen molar-refractivity contribution < 1.29 is 24.5 Å². The predicted molar refractivity (Wildman–Crippen MR) is 80.8 cm³/mol. The Kier molecular flexibility index (Phi) is 5.27. The molecule has 0 amide bonds. The number of methoxy groups -OCH3 is 1. The molecule has 0 radical (unpaired) electrons. The molecule has 6 heteroatoms. The Balaban J connectivity index is 2.17. The maximum Gasteiger partial charge on any atom is 0.318 e. The molecule has 1 heterocycles. The van der Waals surface area contributed by atoms with E-state index in [4.69, 9.17) is 15.2 Å². The molecule has 1 aliphatic heterocycles. The van der Waals surface area contributed by atoms with Gasteiger partial charge in [-0.3, -0.25) is 4.79 Å². The zero-order valence-electron chi connectivity index (χ0n) is 12.5. The molecule has 6 nitrogen and oxygen atoms in total. The summed E-state index contributed by atoms with van der Waals surface area (Å²) in [4.78, 5) is 12.2. The Morgan fingerprint density at radius 1 is 1.32 bits per heavy atom. The standard InChI is InChI=1S/C16H21NO5/c1-21-15-9-14(19)13(18)8-12(15)11-6-5-10(22-16(11)20)4-2-3-7-17/h5,8-9,11,18-19H,2-4,6-7,17H2,1H3. The number of unbranched alkanes of at least 4 members (excludes halogenated alkanes) is 1. The maximum absolute atomic E-state index is 12.2. The lowest BCUT2D eigenvalue weighted by Crippen LogP contribution is -2.20. The zero-order valence-corrected chi connectivity index (χ0v) is 12.5. The first-order chi connectivity index (χ1) is 10.6. The van der Waals surface area contributed by atoms with E-state index in [-0.39, 0.29) is 17.5 Å². The Hall–Kier alpha value is -2.21. The van der Waals surface area contributed by atoms with Crippen molar-refractivity contribution in [2.75, 3.05) is 13.7 Å². The number of nitrogens with two attached hydrogens (primary N) is 1. The second-order valence-electron chi connectivity index (χ2n) is 5.21. The van der Waals surface area contributed by atoms with Gasteiger partial charge < -0.3 is 25.4 Å². The quantitative estimate of drug-likeness (QED) is 0.423. The number of benzene rings is 1. The van der Waals surface area contributed by atoms with Gasteiger partial charge in [0.15, 0.2) is 11.5 Å². The average Bonchev–Trinajstić information content (AvgIpc) is 2.50. The summed E-state index contributed by atoms with van der Waals surface area (Å²) in [6, 6.07) is 2.63. The third kappa shape index (κ3) is 3.51. The topological polar surface area (TPSA) is 102 Å². The summed E-state index contributed by atoms with van der Waals surface area (Å²) in [6.07, 6.45) is 4.80. The second kappa shape index (κ2) is 7.17. The largest absolute Gasteiger partial charge is 0.504 e. The van der Waals surface area contributed by atoms with E-state index in [9.17, 15) is 15.0 Å². The van der Waals surface area contributed by atoms with Crippen molar-refractivity contribution in [2.45, 2.75) is 31.6 Å². The molecule has 0 spiro atoms. The molecule has 1 atom stereocenters. The number of cyclic esters (lactones) is 1. The van der Waals surface area contributed by atoms with Crippen LogP contribution in [0.1, 0.15) is 37.2 Å². The van der Waals surface area contributed by atoms with Gasteiger partial charge in [0.05, 0.1) is 13.0 Å². The van der Waals surface area contributed by atoms with Crippen molar-refractivity contribution in [3.63, 3.8) is 0 Å². The fraction of sp³-hybridized carbons (Fsp3) is 0.438. The van der Waals surface area contributed by atoms with Gasteiger partial charge in [-0.05, 0) is 37.9 Å². The van der Waals surface area contributed by atoms with Crippen LogP contribution in [0.2, 0.25) is 0 Å². The molecule has 22 heavy (non-hydrogen) atoms. The number of carbonyl (C=O) groups is 1. The highest BCUT2D eigenvalue weighted by atomic mass is 16.5. The van der Waals surface area contributed by atoms with Crippen molar-refractivity contribution in [1.82, 2.24) is 0 Å². The monoisotopic (exact) mass is 307 g/mol. The SMILES string of the molecule is COc1cc(O)c(O)cc1C1CC=C(CCCCN)OC1=O. The highest BCUT2D eigenvalue weighted by Crippen LogP contribution is 2.40. The number of carbonyl (C=O) groups excluding carboxylic acids is 1. The van der Waals surface area contributed by atoms with Crippen LogP contribution in [0.15, 0.2) is 24.0 Å². The molecule has 0 saturated carbocycles. The van der Waals surface area contributed by atoms with Gasteiger partial charge >= 0.3 is 5.97 Å². The van der Waals surface area contributed by atoms with E-state index in [2.05, 4.69) is 0 Å². The molecule has 0 saturated heterocycles. The normalized spacial score (nSPS) is 17.8. The summed E-state index contributed by atoms with van der Waals surface area (Å²) in [5.74, 6) is -0.508. The molecule has 2 rings (SSSR count). The van der Waals surface area contributed by atoms with Gasteiger partial charge in [0.25, 0.3) is 0 Å². The van der Waals surface area contributed by atoms with Crippen LogP contribution in [-0.2, 0) is 9.53 Å². The summed E-state index contributed by atoms with van der Waals surface area (Å²) in [6.45, 7) is 0.619. The third-order valence-electron chi connectivity index (χ3n) is 3.68. The molecule has 0 bridgehead atoms. The zero-order chi connectivity index (χ0) is 16.1. The van der Waals surface area contributed by atoms with Gasteiger partial charge in [0, 0.05) is 18.1 Å². The first-order valence-corrected chi connectivity index (χ1v) is 7.27. The first kappa shape index (κ1) is 16.2. The molecule has 1 aromatic rings. The second-order valence-corrected chi connectivity index (χ2v) is 5.21. The minimum atomic E-state index is -0.556. The van der Waals surface area contributed by atoms with Crippen LogP contribution in [0.5, 0.6) is 17.2 Å². The molecular formula is C16H21NO5. The van der Waals surface area contributed by atoms with Crippen LogP contribution in [0.4, 0.5) is 0 Å². The van der Waals surface area contributed by atoms with Crippen LogP contribution in [-0.4, -0.2) is 29.8 Å². The number of esters is 1. The number of phenolic OH excluding ortho intramolecular Hbond substituents is 2. The Labute approximate surface area is 129 Å². The molecule has 1 aliphatic rings. The Bertz CT molecular complexity index is 582. The molecule has 1 aromatic carbocycles. The first-order valence-electron chi connectivity index (χ1n) is 7.27. The maximum atomic E-state index is 12.2. The molecular weight excluding hydrogens is 286 g/mol. The van der Waals surface area contributed by atoms with Gasteiger partial charge in [-0.25, -0.2) is 0 Å². The summed E-state index contributed by atoms with van der Waals surface area (Å²) in [5, 5.41) is 19.2. The van der Waals surface area contributed by atoms with Crippen molar-refractivity contribution in [3.05, 3.63) is 29.5 Å². The van der Waals surface area contributed by atoms with E-state index in [1.54, 1.807) is 0 Å². The predicted octanol–water partition coefficient (Wildman–Crippen LogP) is 2.15. The smallest absolute Gasteiger partial charge is 0.318 e. The molecule has 0 fully saturated rings. The van der Waals surface area contributed by atoms with E-state index >= 15 is 0 Å². The summed E-state index contributed by atoms with van der Waals surface area (Å²) in [7, 11) is 1.44. The van der Waals surface area contributed by atoms with Crippen LogP contribution in [0.25, 0.3) is 0 Å². The Morgan fingerprint density at radius 3 is 2.68 bits per heavy atom. The molecule has 4 N–H and O–H groups in total. The van der Waals surface area contributed by atoms with Crippen molar-refractivity contribution in [2.24, 2.45) is 5.73 Å². The summed E-state index contributed by atoms with van der Waals surface area (Å²) >= 11 is 0. The Morgan fingerprint density at radius 2 is 2.05 bits per heavy atom. The van der Waals surface area contributed by atoms with Crippen molar-refractivity contribution >= 4 is 5.97 Å². The average molecular weight is 307 g/mol. The van der Waals surface area contributed by atoms with Crippen LogP contribution in [0, 0.1) is 0 Å². The van der Waals surface area contributed by atoms with Gasteiger partial charge in [-0.15, -0.1) is 0 Å². The lowest BCUT2D eigenvalue weighted by Gasteiger charge is -2.23. The van der Waals surface area contributed by atoms with Gasteiger partial charge in [-0.2, -0.15) is 0 Å². The molecule has 120 valence electrons. The number of phenols is 2. The van der Waals surface area contributed by atoms with Crippen LogP contribution >= 0.6 is 0 Å². The van der Waals surface area contributed by atoms with Crippen molar-refractivity contribution in [1.29, 1.82) is 0 Å². The lowest BCUT2D eigenvalue weighted by atomic mass is 9.92. The van der Waals surface area contributed by atoms with E-state index in [1.807, 2.05) is 6.08 Å². The van der Waals surface area contributed by atoms with Gasteiger partial charge in [0.1, 0.15) is 11.5 Å². The number of hydrogen-bond acceptors (Lipinski definition) is 6. The number of ether oxygens (including phenoxy) is 2. The van der Waals surface area contributed by atoms with E-state index in [1.165, 1.54) is 19.2 Å². The fourth-order valence-electron chi connectivity index (χ4n) is 2.46. The van der Waals surface area contributed by atoms with Crippen LogP contribution < -0.4 is 10.5 Å². The summed E-state index contributed by atoms with van der Waals surface area (Å²) in [5.41, 5.74) is 5.94. The highest BCUT2D eigenvalue weighted by molar-refractivity contribution is 5.81. The summed E-state index contributed by atoms with van der Waals surface area (Å²) < 4.78 is 10.5. The molecule has 1 unspecified atom stereocenters. The number of hydrogen-bond donors (Lipinski definition) is 3.